The highest BCUT2D eigenvalue weighted by Crippen LogP contribution is 2.54. The summed E-state index contributed by atoms with van der Waals surface area (Å²) in [6, 6.07) is 67.0. The lowest BCUT2D eigenvalue weighted by Crippen LogP contribution is -2.58. The Labute approximate surface area is 358 Å². The number of anilines is 6. The summed E-state index contributed by atoms with van der Waals surface area (Å²) in [5, 5.41) is 8.01. The predicted octanol–water partition coefficient (Wildman–Crippen LogP) is 14.7. The molecule has 0 amide bonds. The van der Waals surface area contributed by atoms with Gasteiger partial charge in [-0.05, 0) is 132 Å². The number of hydrogen-bond acceptors (Lipinski definition) is 3. The highest BCUT2D eigenvalue weighted by molar-refractivity contribution is 7.02. The first-order valence-electron chi connectivity index (χ1n) is 21.3. The molecule has 2 aliphatic heterocycles. The minimum Gasteiger partial charge on any atom is -0.453 e. The molecule has 0 spiro atoms. The van der Waals surface area contributed by atoms with E-state index in [4.69, 9.17) is 4.74 Å². The summed E-state index contributed by atoms with van der Waals surface area (Å²) in [7, 11) is -1.83. The summed E-state index contributed by atoms with van der Waals surface area (Å²) in [6.07, 6.45) is 4.52. The highest BCUT2D eigenvalue weighted by atomic mass is 28.3. The third-order valence-electron chi connectivity index (χ3n) is 13.6. The molecule has 12 rings (SSSR count). The van der Waals surface area contributed by atoms with E-state index in [2.05, 4.69) is 207 Å². The van der Waals surface area contributed by atoms with Gasteiger partial charge in [0.1, 0.15) is 8.07 Å². The molecule has 0 radical (unpaired) electrons. The minimum atomic E-state index is -1.83. The van der Waals surface area contributed by atoms with Crippen LogP contribution in [0, 0.1) is 0 Å². The van der Waals surface area contributed by atoms with Gasteiger partial charge >= 0.3 is 0 Å². The molecule has 0 N–H and O–H groups in total. The maximum atomic E-state index is 6.32. The van der Waals surface area contributed by atoms with Gasteiger partial charge in [-0.3, -0.25) is 0 Å². The summed E-state index contributed by atoms with van der Waals surface area (Å²) in [5.41, 5.74) is 14.6. The second-order valence-electron chi connectivity index (χ2n) is 17.8. The molecule has 2 heterocycles. The Bertz CT molecular complexity index is 3230. The summed E-state index contributed by atoms with van der Waals surface area (Å²) in [5.74, 6) is 1.73. The summed E-state index contributed by atoms with van der Waals surface area (Å²) < 4.78 is 6.32. The lowest BCUT2D eigenvalue weighted by atomic mass is 9.81. The summed E-state index contributed by atoms with van der Waals surface area (Å²) in [6.45, 7) is 9.67. The Hall–Kier alpha value is -7.14. The van der Waals surface area contributed by atoms with Gasteiger partial charge < -0.3 is 14.5 Å². The van der Waals surface area contributed by atoms with Gasteiger partial charge in [0, 0.05) is 28.2 Å². The SMILES string of the molecule is CC1(C)c2cc(/C=C/c3ccc4c(ccc5cc(N6c7ccccc7[Si](C)(C)c7ccccc76)ccc54)c3)ccc2-c2ccc(N3c4ccccc4Oc4ccccc43)cc21. The van der Waals surface area contributed by atoms with E-state index in [1.165, 1.54) is 82.4 Å². The van der Waals surface area contributed by atoms with Crippen molar-refractivity contribution in [3.8, 4) is 22.6 Å². The largest absolute Gasteiger partial charge is 0.453 e. The van der Waals surface area contributed by atoms with Crippen LogP contribution in [0.15, 0.2) is 182 Å². The number of para-hydroxylation sites is 6. The molecule has 61 heavy (non-hydrogen) atoms. The molecule has 4 heteroatoms. The van der Waals surface area contributed by atoms with Crippen molar-refractivity contribution in [2.24, 2.45) is 0 Å². The quantitative estimate of drug-likeness (QED) is 0.100. The van der Waals surface area contributed by atoms with Crippen molar-refractivity contribution in [2.45, 2.75) is 32.4 Å². The standard InChI is InChI=1S/C57H44N2OSi/c1-57(2)47-34-38(24-30-45(47)46-32-28-42(36-48(46)57)58-49-13-5-9-17-53(49)60-54-18-10-6-14-50(54)58)22-21-37-23-29-43-39(33-37)25-26-40-35-41(27-31-44(40)43)59-51-15-7-11-19-55(51)61(3,4)56-20-12-8-16-52(56)59/h5-36H,1-4H3/b22-21+. The molecule has 9 aromatic rings. The first-order chi connectivity index (χ1) is 29.7. The fourth-order valence-corrected chi connectivity index (χ4v) is 13.4. The average Bonchev–Trinajstić information content (AvgIpc) is 3.51. The van der Waals surface area contributed by atoms with Crippen molar-refractivity contribution in [1.29, 1.82) is 0 Å². The molecule has 0 aromatic heterocycles. The van der Waals surface area contributed by atoms with Crippen LogP contribution in [0.4, 0.5) is 34.1 Å². The van der Waals surface area contributed by atoms with E-state index >= 15 is 0 Å². The molecule has 9 aromatic carbocycles. The van der Waals surface area contributed by atoms with Crippen molar-refractivity contribution < 1.29 is 4.74 Å². The van der Waals surface area contributed by atoms with Gasteiger partial charge in [0.2, 0.25) is 0 Å². The molecule has 0 saturated heterocycles. The highest BCUT2D eigenvalue weighted by Gasteiger charge is 2.39. The molecule has 292 valence electrons. The van der Waals surface area contributed by atoms with Gasteiger partial charge in [-0.2, -0.15) is 0 Å². The van der Waals surface area contributed by atoms with Gasteiger partial charge in [-0.15, -0.1) is 0 Å². The van der Waals surface area contributed by atoms with Crippen LogP contribution in [0.25, 0.3) is 44.8 Å². The van der Waals surface area contributed by atoms with Crippen molar-refractivity contribution in [3.05, 3.63) is 204 Å². The number of fused-ring (bicyclic) bond motifs is 10. The maximum absolute atomic E-state index is 6.32. The van der Waals surface area contributed by atoms with E-state index in [0.717, 1.165) is 28.6 Å². The van der Waals surface area contributed by atoms with Gasteiger partial charge in [-0.1, -0.05) is 154 Å². The predicted molar refractivity (Wildman–Crippen MR) is 261 cm³/mol. The summed E-state index contributed by atoms with van der Waals surface area (Å²) >= 11 is 0. The van der Waals surface area contributed by atoms with Crippen LogP contribution >= 0.6 is 0 Å². The number of hydrogen-bond donors (Lipinski definition) is 0. The fourth-order valence-electron chi connectivity index (χ4n) is 10.4. The molecular formula is C57H44N2OSi. The van der Waals surface area contributed by atoms with Crippen molar-refractivity contribution in [1.82, 2.24) is 0 Å². The fraction of sp³-hybridized carbons (Fsp3) is 0.0877. The zero-order chi connectivity index (χ0) is 41.0. The second kappa shape index (κ2) is 13.2. The Kier molecular flexibility index (Phi) is 7.73. The Morgan fingerprint density at radius 1 is 0.443 bits per heavy atom. The first kappa shape index (κ1) is 35.8. The molecule has 0 saturated carbocycles. The van der Waals surface area contributed by atoms with E-state index in [1.807, 2.05) is 24.3 Å². The molecule has 0 unspecified atom stereocenters. The van der Waals surface area contributed by atoms with Gasteiger partial charge in [0.25, 0.3) is 0 Å². The van der Waals surface area contributed by atoms with Crippen molar-refractivity contribution in [2.75, 3.05) is 9.80 Å². The van der Waals surface area contributed by atoms with E-state index in [-0.39, 0.29) is 5.41 Å². The molecule has 3 aliphatic rings. The number of nitrogens with zero attached hydrogens (tertiary/aromatic N) is 2. The maximum Gasteiger partial charge on any atom is 0.151 e. The smallest absolute Gasteiger partial charge is 0.151 e. The molecular weight excluding hydrogens is 757 g/mol. The van der Waals surface area contributed by atoms with Crippen LogP contribution in [0.2, 0.25) is 13.1 Å². The topological polar surface area (TPSA) is 15.7 Å². The molecule has 3 nitrogen and oxygen atoms in total. The third-order valence-corrected chi connectivity index (χ3v) is 17.1. The van der Waals surface area contributed by atoms with Crippen molar-refractivity contribution >= 4 is 86.3 Å². The normalized spacial score (nSPS) is 15.1. The Balaban J connectivity index is 0.842. The van der Waals surface area contributed by atoms with E-state index in [0.29, 0.717) is 0 Å². The zero-order valence-corrected chi connectivity index (χ0v) is 35.8. The van der Waals surface area contributed by atoms with Gasteiger partial charge in [-0.25, -0.2) is 0 Å². The van der Waals surface area contributed by atoms with E-state index in [9.17, 15) is 0 Å². The molecule has 0 bridgehead atoms. The Morgan fingerprint density at radius 2 is 0.902 bits per heavy atom. The molecule has 0 atom stereocenters. The van der Waals surface area contributed by atoms with E-state index in [1.54, 1.807) is 0 Å². The lowest BCUT2D eigenvalue weighted by molar-refractivity contribution is 0.477. The molecule has 0 fully saturated rings. The lowest BCUT2D eigenvalue weighted by Gasteiger charge is -2.41. The number of rotatable bonds is 4. The third kappa shape index (κ3) is 5.42. The van der Waals surface area contributed by atoms with Crippen LogP contribution in [0.3, 0.4) is 0 Å². The first-order valence-corrected chi connectivity index (χ1v) is 24.3. The zero-order valence-electron chi connectivity index (χ0n) is 34.8. The van der Waals surface area contributed by atoms with Gasteiger partial charge in [0.05, 0.1) is 11.4 Å². The second-order valence-corrected chi connectivity index (χ2v) is 22.1. The van der Waals surface area contributed by atoms with Crippen molar-refractivity contribution in [3.63, 3.8) is 0 Å². The van der Waals surface area contributed by atoms with Crippen LogP contribution in [0.1, 0.15) is 36.1 Å². The monoisotopic (exact) mass is 800 g/mol. The number of benzene rings is 9. The average molecular weight is 801 g/mol. The minimum absolute atomic E-state index is 0.168. The summed E-state index contributed by atoms with van der Waals surface area (Å²) in [4.78, 5) is 4.81. The van der Waals surface area contributed by atoms with E-state index < -0.39 is 8.07 Å². The van der Waals surface area contributed by atoms with Gasteiger partial charge in [0.15, 0.2) is 11.5 Å². The van der Waals surface area contributed by atoms with Crippen LogP contribution in [0.5, 0.6) is 11.5 Å². The molecule has 1 aliphatic carbocycles. The van der Waals surface area contributed by atoms with Crippen LogP contribution in [-0.2, 0) is 5.41 Å². The van der Waals surface area contributed by atoms with Crippen LogP contribution < -0.4 is 24.9 Å². The van der Waals surface area contributed by atoms with Crippen LogP contribution in [-0.4, -0.2) is 8.07 Å². The number of ether oxygens (including phenoxy) is 1. The Morgan fingerprint density at radius 3 is 1.56 bits per heavy atom.